The molecule has 0 unspecified atom stereocenters. The van der Waals surface area contributed by atoms with Gasteiger partial charge in [0.25, 0.3) is 0 Å². The Morgan fingerprint density at radius 2 is 2.10 bits per heavy atom. The first-order valence-electron chi connectivity index (χ1n) is 7.65. The lowest BCUT2D eigenvalue weighted by Crippen LogP contribution is -2.30. The monoisotopic (exact) mass is 314 g/mol. The topological polar surface area (TPSA) is 71.3 Å². The molecule has 120 valence electrons. The van der Waals surface area contributed by atoms with Gasteiger partial charge in [0.05, 0.1) is 11.5 Å². The lowest BCUT2D eigenvalue weighted by Gasteiger charge is -2.14. The lowest BCUT2D eigenvalue weighted by atomic mass is 10.0. The highest BCUT2D eigenvalue weighted by Crippen LogP contribution is 2.49. The van der Waals surface area contributed by atoms with Crippen molar-refractivity contribution in [1.29, 1.82) is 0 Å². The predicted octanol–water partition coefficient (Wildman–Crippen LogP) is 2.42. The van der Waals surface area contributed by atoms with Crippen LogP contribution in [0.15, 0.2) is 17.2 Å². The fourth-order valence-electron chi connectivity index (χ4n) is 2.80. The summed E-state index contributed by atoms with van der Waals surface area (Å²) in [4.78, 5) is 0.243. The second-order valence-corrected chi connectivity index (χ2v) is 8.17. The van der Waals surface area contributed by atoms with Gasteiger partial charge in [0.2, 0.25) is 10.0 Å². The second-order valence-electron chi connectivity index (χ2n) is 6.40. The quantitative estimate of drug-likeness (QED) is 0.774. The number of aliphatic hydroxyl groups is 1. The Morgan fingerprint density at radius 1 is 1.43 bits per heavy atom. The summed E-state index contributed by atoms with van der Waals surface area (Å²) in [5.41, 5.74) is 0.808. The Balaban J connectivity index is 2.12. The molecule has 0 spiro atoms. The maximum absolute atomic E-state index is 12.4. The molecule has 2 N–H and O–H groups in total. The summed E-state index contributed by atoms with van der Waals surface area (Å²) < 4.78 is 29.4. The van der Waals surface area contributed by atoms with Crippen molar-refractivity contribution in [3.63, 3.8) is 0 Å². The molecule has 1 aromatic heterocycles. The summed E-state index contributed by atoms with van der Waals surface area (Å²) in [6.07, 6.45) is 5.99. The third-order valence-corrected chi connectivity index (χ3v) is 5.68. The molecule has 0 radical (unpaired) electrons. The molecule has 0 saturated heterocycles. The van der Waals surface area contributed by atoms with Crippen molar-refractivity contribution in [2.75, 3.05) is 6.54 Å². The van der Waals surface area contributed by atoms with Crippen molar-refractivity contribution in [2.24, 2.45) is 5.41 Å². The van der Waals surface area contributed by atoms with Crippen molar-refractivity contribution < 1.29 is 13.5 Å². The molecule has 2 rings (SSSR count). The van der Waals surface area contributed by atoms with Gasteiger partial charge in [-0.3, -0.25) is 0 Å². The van der Waals surface area contributed by atoms with Gasteiger partial charge in [0.1, 0.15) is 0 Å². The first kappa shape index (κ1) is 16.5. The van der Waals surface area contributed by atoms with E-state index in [4.69, 9.17) is 0 Å². The summed E-state index contributed by atoms with van der Waals surface area (Å²) in [6, 6.07) is 1.67. The SMILES string of the molecule is CCCC1(CNS(=O)(=O)c2cc(CO)n(C(C)C)c2)CC1. The minimum atomic E-state index is -3.50. The van der Waals surface area contributed by atoms with Crippen LogP contribution in [0.1, 0.15) is 58.2 Å². The zero-order valence-electron chi connectivity index (χ0n) is 13.1. The van der Waals surface area contributed by atoms with Gasteiger partial charge >= 0.3 is 0 Å². The molecule has 0 bridgehead atoms. The zero-order chi connectivity index (χ0) is 15.7. The number of nitrogens with zero attached hydrogens (tertiary/aromatic N) is 1. The lowest BCUT2D eigenvalue weighted by molar-refractivity contribution is 0.268. The van der Waals surface area contributed by atoms with Gasteiger partial charge in [-0.25, -0.2) is 13.1 Å². The van der Waals surface area contributed by atoms with E-state index in [0.717, 1.165) is 25.7 Å². The van der Waals surface area contributed by atoms with Gasteiger partial charge in [-0.05, 0) is 44.6 Å². The minimum absolute atomic E-state index is 0.117. The van der Waals surface area contributed by atoms with Gasteiger partial charge in [-0.15, -0.1) is 0 Å². The van der Waals surface area contributed by atoms with E-state index in [9.17, 15) is 13.5 Å². The molecule has 21 heavy (non-hydrogen) atoms. The van der Waals surface area contributed by atoms with E-state index in [-0.39, 0.29) is 23.0 Å². The van der Waals surface area contributed by atoms with E-state index in [1.807, 2.05) is 13.8 Å². The van der Waals surface area contributed by atoms with Gasteiger partial charge < -0.3 is 9.67 Å². The van der Waals surface area contributed by atoms with Crippen LogP contribution in [0.25, 0.3) is 0 Å². The smallest absolute Gasteiger partial charge is 0.242 e. The highest BCUT2D eigenvalue weighted by atomic mass is 32.2. The van der Waals surface area contributed by atoms with Gasteiger partial charge in [0, 0.05) is 24.5 Å². The average Bonchev–Trinajstić information content (AvgIpc) is 3.03. The molecule has 6 heteroatoms. The molecule has 5 nitrogen and oxygen atoms in total. The Labute approximate surface area is 127 Å². The number of aromatic nitrogens is 1. The predicted molar refractivity (Wildman–Crippen MR) is 82.5 cm³/mol. The second kappa shape index (κ2) is 6.10. The number of nitrogens with one attached hydrogen (secondary N) is 1. The summed E-state index contributed by atoms with van der Waals surface area (Å²) in [6.45, 7) is 6.41. The Morgan fingerprint density at radius 3 is 2.52 bits per heavy atom. The van der Waals surface area contributed by atoms with E-state index < -0.39 is 10.0 Å². The van der Waals surface area contributed by atoms with Crippen LogP contribution in [0.2, 0.25) is 0 Å². The van der Waals surface area contributed by atoms with Crippen molar-refractivity contribution >= 4 is 10.0 Å². The Kier molecular flexibility index (Phi) is 4.80. The molecule has 1 aliphatic carbocycles. The molecule has 0 atom stereocenters. The molecule has 0 aromatic carbocycles. The number of aliphatic hydroxyl groups excluding tert-OH is 1. The van der Waals surface area contributed by atoms with Crippen LogP contribution in [-0.2, 0) is 16.6 Å². The number of sulfonamides is 1. The van der Waals surface area contributed by atoms with Crippen LogP contribution >= 0.6 is 0 Å². The maximum atomic E-state index is 12.4. The van der Waals surface area contributed by atoms with Crippen LogP contribution in [0.5, 0.6) is 0 Å². The van der Waals surface area contributed by atoms with Crippen LogP contribution in [-0.4, -0.2) is 24.6 Å². The summed E-state index contributed by atoms with van der Waals surface area (Å²) in [7, 11) is -3.50. The van der Waals surface area contributed by atoms with Crippen molar-refractivity contribution in [2.45, 2.75) is 64.0 Å². The summed E-state index contributed by atoms with van der Waals surface area (Å²) in [5, 5.41) is 9.35. The molecule has 1 aliphatic rings. The summed E-state index contributed by atoms with van der Waals surface area (Å²) in [5.74, 6) is 0. The number of rotatable bonds is 8. The number of hydrogen-bond acceptors (Lipinski definition) is 3. The van der Waals surface area contributed by atoms with Crippen LogP contribution in [0.3, 0.4) is 0 Å². The molecule has 0 amide bonds. The molecule has 1 fully saturated rings. The molecule has 1 aromatic rings. The third-order valence-electron chi connectivity index (χ3n) is 4.31. The van der Waals surface area contributed by atoms with Gasteiger partial charge in [-0.1, -0.05) is 13.3 Å². The Bertz CT molecular complexity index is 586. The molecular weight excluding hydrogens is 288 g/mol. The van der Waals surface area contributed by atoms with Crippen molar-refractivity contribution in [3.05, 3.63) is 18.0 Å². The standard InChI is InChI=1S/C15H26N2O3S/c1-4-5-15(6-7-15)11-16-21(19,20)14-8-13(10-18)17(9-14)12(2)3/h8-9,12,16,18H,4-7,10-11H2,1-3H3. The fourth-order valence-corrected chi connectivity index (χ4v) is 4.01. The van der Waals surface area contributed by atoms with E-state index in [0.29, 0.717) is 12.2 Å². The van der Waals surface area contributed by atoms with Crippen LogP contribution in [0.4, 0.5) is 0 Å². The molecular formula is C15H26N2O3S. The normalized spacial score (nSPS) is 17.4. The van der Waals surface area contributed by atoms with E-state index in [2.05, 4.69) is 11.6 Å². The van der Waals surface area contributed by atoms with Crippen LogP contribution < -0.4 is 4.72 Å². The first-order chi connectivity index (χ1) is 9.83. The van der Waals surface area contributed by atoms with E-state index in [1.54, 1.807) is 16.8 Å². The Hall–Kier alpha value is -0.850. The van der Waals surface area contributed by atoms with Crippen molar-refractivity contribution in [3.8, 4) is 0 Å². The highest BCUT2D eigenvalue weighted by molar-refractivity contribution is 7.89. The minimum Gasteiger partial charge on any atom is -0.390 e. The zero-order valence-corrected chi connectivity index (χ0v) is 13.9. The maximum Gasteiger partial charge on any atom is 0.242 e. The van der Waals surface area contributed by atoms with Gasteiger partial charge in [0.15, 0.2) is 0 Å². The van der Waals surface area contributed by atoms with Crippen LogP contribution in [0, 0.1) is 5.41 Å². The number of hydrogen-bond donors (Lipinski definition) is 2. The average molecular weight is 314 g/mol. The molecule has 0 aliphatic heterocycles. The molecule has 1 heterocycles. The highest BCUT2D eigenvalue weighted by Gasteiger charge is 2.42. The third kappa shape index (κ3) is 3.67. The fraction of sp³-hybridized carbons (Fsp3) is 0.733. The van der Waals surface area contributed by atoms with Crippen molar-refractivity contribution in [1.82, 2.24) is 9.29 Å². The van der Waals surface area contributed by atoms with Gasteiger partial charge in [-0.2, -0.15) is 0 Å². The van der Waals surface area contributed by atoms with E-state index in [1.165, 1.54) is 0 Å². The largest absolute Gasteiger partial charge is 0.390 e. The first-order valence-corrected chi connectivity index (χ1v) is 9.13. The molecule has 1 saturated carbocycles. The summed E-state index contributed by atoms with van der Waals surface area (Å²) >= 11 is 0. The van der Waals surface area contributed by atoms with E-state index >= 15 is 0 Å².